The van der Waals surface area contributed by atoms with Gasteiger partial charge in [0, 0.05) is 17.8 Å². The second kappa shape index (κ2) is 9.67. The van der Waals surface area contributed by atoms with E-state index < -0.39 is 11.8 Å². The molecule has 1 aliphatic rings. The molecule has 4 N–H and O–H groups in total. The topological polar surface area (TPSA) is 90.5 Å². The molecule has 0 radical (unpaired) electrons. The average molecular weight is 445 g/mol. The molecule has 1 amide bonds. The van der Waals surface area contributed by atoms with Gasteiger partial charge in [0.15, 0.2) is 0 Å². The molecule has 4 rings (SSSR count). The van der Waals surface area contributed by atoms with Crippen LogP contribution < -0.4 is 16.0 Å². The van der Waals surface area contributed by atoms with Crippen LogP contribution in [0.15, 0.2) is 66.7 Å². The molecule has 0 bridgehead atoms. The van der Waals surface area contributed by atoms with Gasteiger partial charge in [0.1, 0.15) is 5.82 Å². The normalized spacial score (nSPS) is 13.9. The number of nitrogens with one attached hydrogen (secondary N) is 3. The third-order valence-corrected chi connectivity index (χ3v) is 5.38. The summed E-state index contributed by atoms with van der Waals surface area (Å²) in [7, 11) is 0. The summed E-state index contributed by atoms with van der Waals surface area (Å²) in [6, 6.07) is 19.1. The molecule has 0 saturated carbocycles. The van der Waals surface area contributed by atoms with Gasteiger partial charge in [-0.3, -0.25) is 9.59 Å². The third kappa shape index (κ3) is 5.10. The third-order valence-electron chi connectivity index (χ3n) is 5.38. The Morgan fingerprint density at radius 1 is 1.00 bits per heavy atom. The van der Waals surface area contributed by atoms with Gasteiger partial charge in [0.25, 0.3) is 5.91 Å². The number of halogens is 1. The molecule has 7 heteroatoms. The van der Waals surface area contributed by atoms with E-state index in [0.29, 0.717) is 33.6 Å². The van der Waals surface area contributed by atoms with Gasteiger partial charge in [-0.2, -0.15) is 0 Å². The Balaban J connectivity index is 1.76. The fraction of sp³-hybridized carbons (Fsp3) is 0.154. The lowest BCUT2D eigenvalue weighted by Crippen LogP contribution is -2.12. The van der Waals surface area contributed by atoms with Crippen LogP contribution in [0.5, 0.6) is 0 Å². The minimum absolute atomic E-state index is 0.0878. The first-order chi connectivity index (χ1) is 15.9. The van der Waals surface area contributed by atoms with Crippen molar-refractivity contribution >= 4 is 34.5 Å². The second-order valence-corrected chi connectivity index (χ2v) is 7.76. The Morgan fingerprint density at radius 2 is 1.70 bits per heavy atom. The zero-order chi connectivity index (χ0) is 23.4. The van der Waals surface area contributed by atoms with Crippen molar-refractivity contribution in [2.75, 3.05) is 17.2 Å². The van der Waals surface area contributed by atoms with Gasteiger partial charge < -0.3 is 21.1 Å². The second-order valence-electron chi connectivity index (χ2n) is 7.76. The maximum absolute atomic E-state index is 13.7. The fourth-order valence-electron chi connectivity index (χ4n) is 3.76. The van der Waals surface area contributed by atoms with Crippen molar-refractivity contribution in [3.63, 3.8) is 0 Å². The molecular weight excluding hydrogens is 421 g/mol. The Morgan fingerprint density at radius 3 is 2.36 bits per heavy atom. The lowest BCUT2D eigenvalue weighted by atomic mass is 9.98. The highest BCUT2D eigenvalue weighted by Crippen LogP contribution is 2.38. The number of hydrogen-bond donors (Lipinski definition) is 4. The molecule has 0 fully saturated rings. The van der Waals surface area contributed by atoms with Crippen LogP contribution in [0.2, 0.25) is 0 Å². The highest BCUT2D eigenvalue weighted by molar-refractivity contribution is 6.37. The molecule has 0 spiro atoms. The van der Waals surface area contributed by atoms with Crippen LogP contribution in [-0.4, -0.2) is 23.5 Å². The SMILES string of the molecule is CCNCc1ccc(N/C(=C2\C(=O)Nc3cc(F)ccc32)c2ccc(CC(=O)O)cc2)cc1. The number of carboxylic acids is 1. The van der Waals surface area contributed by atoms with Crippen molar-refractivity contribution in [3.05, 3.63) is 94.8 Å². The molecule has 3 aromatic rings. The molecule has 0 saturated heterocycles. The Labute approximate surface area is 191 Å². The molecule has 0 atom stereocenters. The lowest BCUT2D eigenvalue weighted by Gasteiger charge is -2.16. The quantitative estimate of drug-likeness (QED) is 0.384. The van der Waals surface area contributed by atoms with E-state index in [1.807, 2.05) is 31.2 Å². The van der Waals surface area contributed by atoms with E-state index in [0.717, 1.165) is 24.3 Å². The predicted octanol–water partition coefficient (Wildman–Crippen LogP) is 4.49. The molecule has 1 heterocycles. The summed E-state index contributed by atoms with van der Waals surface area (Å²) in [6.07, 6.45) is -0.0878. The molecule has 6 nitrogen and oxygen atoms in total. The zero-order valence-corrected chi connectivity index (χ0v) is 18.1. The van der Waals surface area contributed by atoms with Crippen LogP contribution >= 0.6 is 0 Å². The molecule has 0 aliphatic carbocycles. The fourth-order valence-corrected chi connectivity index (χ4v) is 3.76. The van der Waals surface area contributed by atoms with E-state index in [4.69, 9.17) is 5.11 Å². The highest BCUT2D eigenvalue weighted by atomic mass is 19.1. The number of carboxylic acid groups (broad SMARTS) is 1. The van der Waals surface area contributed by atoms with Crippen molar-refractivity contribution in [1.29, 1.82) is 0 Å². The van der Waals surface area contributed by atoms with Crippen LogP contribution in [-0.2, 0) is 22.6 Å². The number of amides is 1. The number of carbonyl (C=O) groups is 2. The van der Waals surface area contributed by atoms with Crippen molar-refractivity contribution in [2.24, 2.45) is 0 Å². The van der Waals surface area contributed by atoms with E-state index in [-0.39, 0.29) is 12.3 Å². The summed E-state index contributed by atoms with van der Waals surface area (Å²) in [5.74, 6) is -1.68. The number of fused-ring (bicyclic) bond motifs is 1. The molecule has 168 valence electrons. The first-order valence-electron chi connectivity index (χ1n) is 10.7. The minimum Gasteiger partial charge on any atom is -0.481 e. The van der Waals surface area contributed by atoms with Crippen LogP contribution in [0.4, 0.5) is 15.8 Å². The first kappa shape index (κ1) is 22.2. The van der Waals surface area contributed by atoms with Crippen molar-refractivity contribution in [2.45, 2.75) is 19.9 Å². The largest absolute Gasteiger partial charge is 0.481 e. The highest BCUT2D eigenvalue weighted by Gasteiger charge is 2.28. The summed E-state index contributed by atoms with van der Waals surface area (Å²) in [4.78, 5) is 23.9. The van der Waals surface area contributed by atoms with Crippen molar-refractivity contribution in [3.8, 4) is 0 Å². The summed E-state index contributed by atoms with van der Waals surface area (Å²) in [6.45, 7) is 3.69. The van der Waals surface area contributed by atoms with Crippen LogP contribution in [0.3, 0.4) is 0 Å². The van der Waals surface area contributed by atoms with E-state index in [1.165, 1.54) is 12.1 Å². The molecule has 0 unspecified atom stereocenters. The van der Waals surface area contributed by atoms with E-state index >= 15 is 0 Å². The summed E-state index contributed by atoms with van der Waals surface area (Å²) < 4.78 is 13.7. The van der Waals surface area contributed by atoms with Crippen LogP contribution in [0, 0.1) is 5.82 Å². The number of anilines is 2. The van der Waals surface area contributed by atoms with Gasteiger partial charge in [-0.05, 0) is 53.6 Å². The van der Waals surface area contributed by atoms with Gasteiger partial charge in [-0.1, -0.05) is 43.3 Å². The predicted molar refractivity (Wildman–Crippen MR) is 127 cm³/mol. The van der Waals surface area contributed by atoms with Gasteiger partial charge >= 0.3 is 5.97 Å². The number of benzene rings is 3. The van der Waals surface area contributed by atoms with Crippen molar-refractivity contribution < 1.29 is 19.1 Å². The molecule has 3 aromatic carbocycles. The lowest BCUT2D eigenvalue weighted by molar-refractivity contribution is -0.136. The number of rotatable bonds is 8. The molecule has 1 aliphatic heterocycles. The van der Waals surface area contributed by atoms with E-state index in [9.17, 15) is 14.0 Å². The van der Waals surface area contributed by atoms with Crippen LogP contribution in [0.25, 0.3) is 11.3 Å². The first-order valence-corrected chi connectivity index (χ1v) is 10.7. The minimum atomic E-state index is -0.914. The van der Waals surface area contributed by atoms with Crippen LogP contribution in [0.1, 0.15) is 29.2 Å². The van der Waals surface area contributed by atoms with E-state index in [1.54, 1.807) is 30.3 Å². The zero-order valence-electron chi connectivity index (χ0n) is 18.1. The van der Waals surface area contributed by atoms with Gasteiger partial charge in [-0.15, -0.1) is 0 Å². The van der Waals surface area contributed by atoms with Crippen molar-refractivity contribution in [1.82, 2.24) is 5.32 Å². The summed E-state index contributed by atoms with van der Waals surface area (Å²) in [5.41, 5.74) is 5.25. The molecule has 0 aromatic heterocycles. The maximum atomic E-state index is 13.7. The van der Waals surface area contributed by atoms with Gasteiger partial charge in [-0.25, -0.2) is 4.39 Å². The van der Waals surface area contributed by atoms with Gasteiger partial charge in [0.05, 0.1) is 23.4 Å². The monoisotopic (exact) mass is 445 g/mol. The average Bonchev–Trinajstić information content (AvgIpc) is 3.11. The smallest absolute Gasteiger partial charge is 0.307 e. The van der Waals surface area contributed by atoms with E-state index in [2.05, 4.69) is 16.0 Å². The Kier molecular flexibility index (Phi) is 6.51. The Hall–Kier alpha value is -3.97. The summed E-state index contributed by atoms with van der Waals surface area (Å²) >= 11 is 0. The molecule has 33 heavy (non-hydrogen) atoms. The number of carbonyl (C=O) groups excluding carboxylic acids is 1. The summed E-state index contributed by atoms with van der Waals surface area (Å²) in [5, 5.41) is 18.4. The standard InChI is InChI=1S/C26H24FN3O3/c1-2-28-15-17-5-10-20(11-6-17)29-25(18-7-3-16(4-8-18)13-23(31)32)24-21-12-9-19(27)14-22(21)30-26(24)33/h3-12,14,28-29H,2,13,15H2,1H3,(H,30,33)(H,31,32)/b25-24-. The Bertz CT molecular complexity index is 1220. The maximum Gasteiger partial charge on any atom is 0.307 e. The molecular formula is C26H24FN3O3. The van der Waals surface area contributed by atoms with Gasteiger partial charge in [0.2, 0.25) is 0 Å². The number of aliphatic carboxylic acids is 1. The number of hydrogen-bond acceptors (Lipinski definition) is 4.